The average molecular weight is 476 g/mol. The lowest BCUT2D eigenvalue weighted by Crippen LogP contribution is -2.22. The Labute approximate surface area is 194 Å². The van der Waals surface area contributed by atoms with Crippen LogP contribution in [0.5, 0.6) is 0 Å². The number of carbonyl (C=O) groups excluding carboxylic acids is 1. The first-order valence-corrected chi connectivity index (χ1v) is 11.2. The molecular weight excluding hydrogens is 449 g/mol. The standard InChI is InChI=1S/C24H27F3N4O3/c1-23(2,34)15-10-18-19(30-21(29-18)14-8-6-13(12-32)7-9-14)11-17(15)31-22(33)16-4-3-5-20(28-16)24(25,26)27/h3-5,10-11,13-14,32,34H,6-9,12H2,1-2H3,(H,29,30)(H,31,33)/t13-,14-. The first kappa shape index (κ1) is 24.2. The molecule has 34 heavy (non-hydrogen) atoms. The van der Waals surface area contributed by atoms with E-state index in [2.05, 4.69) is 15.3 Å². The van der Waals surface area contributed by atoms with Crippen molar-refractivity contribution >= 4 is 22.6 Å². The molecule has 1 saturated carbocycles. The van der Waals surface area contributed by atoms with Gasteiger partial charge in [0.05, 0.1) is 16.6 Å². The van der Waals surface area contributed by atoms with Crippen LogP contribution in [-0.2, 0) is 11.8 Å². The number of H-pyrrole nitrogens is 1. The van der Waals surface area contributed by atoms with Gasteiger partial charge in [-0.15, -0.1) is 0 Å². The van der Waals surface area contributed by atoms with E-state index in [4.69, 9.17) is 4.98 Å². The van der Waals surface area contributed by atoms with E-state index < -0.39 is 23.4 Å². The molecule has 0 saturated heterocycles. The Balaban J connectivity index is 1.66. The molecule has 2 heterocycles. The number of aromatic amines is 1. The van der Waals surface area contributed by atoms with Crippen molar-refractivity contribution in [1.82, 2.24) is 15.0 Å². The molecule has 182 valence electrons. The number of alkyl halides is 3. The molecule has 4 N–H and O–H groups in total. The summed E-state index contributed by atoms with van der Waals surface area (Å²) in [5.74, 6) is 0.510. The van der Waals surface area contributed by atoms with E-state index in [1.165, 1.54) is 6.07 Å². The van der Waals surface area contributed by atoms with Gasteiger partial charge in [-0.1, -0.05) is 6.07 Å². The highest BCUT2D eigenvalue weighted by molar-refractivity contribution is 6.04. The molecule has 0 unspecified atom stereocenters. The van der Waals surface area contributed by atoms with Gasteiger partial charge in [-0.05, 0) is 69.7 Å². The molecule has 0 radical (unpaired) electrons. The zero-order chi connectivity index (χ0) is 24.7. The highest BCUT2D eigenvalue weighted by atomic mass is 19.4. The summed E-state index contributed by atoms with van der Waals surface area (Å²) in [6.07, 6.45) is -1.05. The number of imidazole rings is 1. The van der Waals surface area contributed by atoms with Gasteiger partial charge >= 0.3 is 6.18 Å². The maximum atomic E-state index is 13.0. The van der Waals surface area contributed by atoms with E-state index >= 15 is 0 Å². The molecule has 3 aromatic rings. The summed E-state index contributed by atoms with van der Waals surface area (Å²) >= 11 is 0. The second-order valence-electron chi connectivity index (χ2n) is 9.36. The minimum absolute atomic E-state index is 0.186. The number of benzene rings is 1. The van der Waals surface area contributed by atoms with E-state index in [1.807, 2.05) is 0 Å². The van der Waals surface area contributed by atoms with Crippen LogP contribution in [0.25, 0.3) is 11.0 Å². The second kappa shape index (κ2) is 8.99. The fourth-order valence-electron chi connectivity index (χ4n) is 4.40. The van der Waals surface area contributed by atoms with Crippen LogP contribution >= 0.6 is 0 Å². The normalized spacial score (nSPS) is 19.4. The number of halogens is 3. The van der Waals surface area contributed by atoms with E-state index in [9.17, 15) is 28.2 Å². The van der Waals surface area contributed by atoms with Gasteiger partial charge in [-0.3, -0.25) is 4.79 Å². The lowest BCUT2D eigenvalue weighted by molar-refractivity contribution is -0.141. The lowest BCUT2D eigenvalue weighted by Gasteiger charge is -2.25. The third kappa shape index (κ3) is 5.07. The summed E-state index contributed by atoms with van der Waals surface area (Å²) in [6.45, 7) is 3.29. The minimum atomic E-state index is -4.67. The Morgan fingerprint density at radius 1 is 1.15 bits per heavy atom. The third-order valence-electron chi connectivity index (χ3n) is 6.31. The highest BCUT2D eigenvalue weighted by Gasteiger charge is 2.33. The monoisotopic (exact) mass is 476 g/mol. The smallest absolute Gasteiger partial charge is 0.396 e. The first-order valence-electron chi connectivity index (χ1n) is 11.2. The predicted molar refractivity (Wildman–Crippen MR) is 120 cm³/mol. The first-order chi connectivity index (χ1) is 16.0. The van der Waals surface area contributed by atoms with Gasteiger partial charge in [0.15, 0.2) is 0 Å². The number of nitrogens with zero attached hydrogens (tertiary/aromatic N) is 2. The molecule has 10 heteroatoms. The molecule has 1 amide bonds. The van der Waals surface area contributed by atoms with Crippen LogP contribution in [0, 0.1) is 5.92 Å². The molecular formula is C24H27F3N4O3. The van der Waals surface area contributed by atoms with Crippen molar-refractivity contribution in [2.24, 2.45) is 5.92 Å². The number of rotatable bonds is 5. The number of aromatic nitrogens is 3. The third-order valence-corrected chi connectivity index (χ3v) is 6.31. The number of aliphatic hydroxyl groups excluding tert-OH is 1. The maximum absolute atomic E-state index is 13.0. The molecule has 0 aliphatic heterocycles. The Morgan fingerprint density at radius 2 is 1.85 bits per heavy atom. The van der Waals surface area contributed by atoms with Crippen LogP contribution in [-0.4, -0.2) is 37.7 Å². The number of anilines is 1. The molecule has 1 aromatic carbocycles. The number of pyridine rings is 1. The molecule has 1 aliphatic carbocycles. The van der Waals surface area contributed by atoms with Crippen molar-refractivity contribution in [3.05, 3.63) is 53.1 Å². The van der Waals surface area contributed by atoms with Gasteiger partial charge in [0, 0.05) is 23.8 Å². The van der Waals surface area contributed by atoms with Gasteiger partial charge in [0.1, 0.15) is 17.2 Å². The summed E-state index contributed by atoms with van der Waals surface area (Å²) in [6, 6.07) is 6.42. The summed E-state index contributed by atoms with van der Waals surface area (Å²) < 4.78 is 39.0. The number of hydrogen-bond donors (Lipinski definition) is 4. The largest absolute Gasteiger partial charge is 0.433 e. The fraction of sp³-hybridized carbons (Fsp3) is 0.458. The van der Waals surface area contributed by atoms with Gasteiger partial charge in [-0.2, -0.15) is 13.2 Å². The van der Waals surface area contributed by atoms with Crippen molar-refractivity contribution in [2.45, 2.75) is 57.2 Å². The zero-order valence-electron chi connectivity index (χ0n) is 18.9. The van der Waals surface area contributed by atoms with Crippen molar-refractivity contribution < 1.29 is 28.2 Å². The van der Waals surface area contributed by atoms with E-state index in [0.29, 0.717) is 22.5 Å². The maximum Gasteiger partial charge on any atom is 0.433 e. The predicted octanol–water partition coefficient (Wildman–Crippen LogP) is 4.72. The van der Waals surface area contributed by atoms with Crippen LogP contribution in [0.1, 0.15) is 73.0 Å². The Kier molecular flexibility index (Phi) is 6.39. The summed E-state index contributed by atoms with van der Waals surface area (Å²) in [5.41, 5.74) is -1.01. The molecule has 1 aliphatic rings. The van der Waals surface area contributed by atoms with Crippen molar-refractivity contribution in [3.8, 4) is 0 Å². The molecule has 0 bridgehead atoms. The Bertz CT molecular complexity index is 1190. The van der Waals surface area contributed by atoms with Gasteiger partial charge in [0.2, 0.25) is 0 Å². The van der Waals surface area contributed by atoms with Gasteiger partial charge in [0.25, 0.3) is 5.91 Å². The molecule has 4 rings (SSSR count). The SMILES string of the molecule is CC(C)(O)c1cc2nc([C@H]3CC[C@H](CO)CC3)[nH]c2cc1NC(=O)c1cccc(C(F)(F)F)n1. The summed E-state index contributed by atoms with van der Waals surface area (Å²) in [4.78, 5) is 24.2. The quantitative estimate of drug-likeness (QED) is 0.426. The van der Waals surface area contributed by atoms with E-state index in [0.717, 1.165) is 43.6 Å². The number of fused-ring (bicyclic) bond motifs is 1. The van der Waals surface area contributed by atoms with Crippen molar-refractivity contribution in [1.29, 1.82) is 0 Å². The Morgan fingerprint density at radius 3 is 2.47 bits per heavy atom. The number of aliphatic hydroxyl groups is 2. The summed E-state index contributed by atoms with van der Waals surface area (Å²) in [7, 11) is 0. The van der Waals surface area contributed by atoms with Crippen LogP contribution in [0.15, 0.2) is 30.3 Å². The van der Waals surface area contributed by atoms with Crippen LogP contribution < -0.4 is 5.32 Å². The fourth-order valence-corrected chi connectivity index (χ4v) is 4.40. The second-order valence-corrected chi connectivity index (χ2v) is 9.36. The number of hydrogen-bond acceptors (Lipinski definition) is 5. The number of amides is 1. The average Bonchev–Trinajstić information content (AvgIpc) is 3.20. The zero-order valence-corrected chi connectivity index (χ0v) is 18.9. The molecule has 2 aromatic heterocycles. The van der Waals surface area contributed by atoms with Crippen LogP contribution in [0.3, 0.4) is 0 Å². The molecule has 0 spiro atoms. The molecule has 1 fully saturated rings. The Hall–Kier alpha value is -2.98. The number of nitrogens with one attached hydrogen (secondary N) is 2. The highest BCUT2D eigenvalue weighted by Crippen LogP contribution is 2.37. The molecule has 0 atom stereocenters. The van der Waals surface area contributed by atoms with Crippen LogP contribution in [0.4, 0.5) is 18.9 Å². The minimum Gasteiger partial charge on any atom is -0.396 e. The topological polar surface area (TPSA) is 111 Å². The van der Waals surface area contributed by atoms with Crippen LogP contribution in [0.2, 0.25) is 0 Å². The van der Waals surface area contributed by atoms with Gasteiger partial charge < -0.3 is 20.5 Å². The van der Waals surface area contributed by atoms with E-state index in [-0.39, 0.29) is 23.9 Å². The lowest BCUT2D eigenvalue weighted by atomic mass is 9.82. The van der Waals surface area contributed by atoms with E-state index in [1.54, 1.807) is 26.0 Å². The van der Waals surface area contributed by atoms with Crippen molar-refractivity contribution in [3.63, 3.8) is 0 Å². The van der Waals surface area contributed by atoms with Crippen molar-refractivity contribution in [2.75, 3.05) is 11.9 Å². The molecule has 7 nitrogen and oxygen atoms in total. The van der Waals surface area contributed by atoms with Gasteiger partial charge in [-0.25, -0.2) is 9.97 Å². The number of carbonyl (C=O) groups is 1. The summed E-state index contributed by atoms with van der Waals surface area (Å²) in [5, 5.41) is 22.7.